The second-order valence-electron chi connectivity index (χ2n) is 3.54. The number of nitrogens with zero attached hydrogens (tertiary/aromatic N) is 4. The van der Waals surface area contributed by atoms with Crippen LogP contribution in [0.2, 0.25) is 0 Å². The Morgan fingerprint density at radius 1 is 0.789 bits per heavy atom. The summed E-state index contributed by atoms with van der Waals surface area (Å²) in [4.78, 5) is 10.2. The van der Waals surface area contributed by atoms with Crippen molar-refractivity contribution < 1.29 is 9.90 Å². The quantitative estimate of drug-likeness (QED) is 0.712. The first kappa shape index (κ1) is 12.6. The number of rotatable bonds is 1. The van der Waals surface area contributed by atoms with E-state index in [0.29, 0.717) is 5.56 Å². The van der Waals surface area contributed by atoms with Crippen LogP contribution in [0.4, 0.5) is 0 Å². The number of carboxylic acids is 1. The third-order valence-corrected chi connectivity index (χ3v) is 2.25. The maximum atomic E-state index is 10.2. The van der Waals surface area contributed by atoms with Gasteiger partial charge in [-0.1, -0.05) is 30.3 Å². The van der Waals surface area contributed by atoms with Crippen LogP contribution >= 0.6 is 0 Å². The summed E-state index contributed by atoms with van der Waals surface area (Å²) in [6, 6.07) is 15.8. The Labute approximate surface area is 108 Å². The van der Waals surface area contributed by atoms with E-state index in [4.69, 9.17) is 5.11 Å². The number of carboxylic acid groups (broad SMARTS) is 1. The van der Waals surface area contributed by atoms with Crippen LogP contribution in [0.25, 0.3) is 11.0 Å². The van der Waals surface area contributed by atoms with Crippen molar-refractivity contribution in [2.75, 3.05) is 0 Å². The molecule has 94 valence electrons. The molecular formula is C13H10N4O2. The molecule has 1 N–H and O–H groups in total. The van der Waals surface area contributed by atoms with Crippen LogP contribution in [0.3, 0.4) is 0 Å². The minimum absolute atomic E-state index is 0.331. The largest absolute Gasteiger partial charge is 0.478 e. The first-order valence-corrected chi connectivity index (χ1v) is 5.46. The molecule has 0 radical (unpaired) electrons. The van der Waals surface area contributed by atoms with Gasteiger partial charge in [0.15, 0.2) is 0 Å². The van der Waals surface area contributed by atoms with Crippen LogP contribution < -0.4 is 0 Å². The minimum atomic E-state index is -0.879. The molecule has 0 saturated carbocycles. The third kappa shape index (κ3) is 3.53. The van der Waals surface area contributed by atoms with Crippen LogP contribution in [-0.2, 0) is 0 Å². The number of fused-ring (bicyclic) bond motifs is 1. The van der Waals surface area contributed by atoms with Gasteiger partial charge in [0.25, 0.3) is 0 Å². The second-order valence-corrected chi connectivity index (χ2v) is 3.54. The molecule has 0 fully saturated rings. The molecule has 0 unspecified atom stereocenters. The predicted molar refractivity (Wildman–Crippen MR) is 68.5 cm³/mol. The number of aromatic carboxylic acids is 1. The lowest BCUT2D eigenvalue weighted by Crippen LogP contribution is -1.93. The predicted octanol–water partition coefficient (Wildman–Crippen LogP) is 1.80. The van der Waals surface area contributed by atoms with E-state index in [1.54, 1.807) is 30.3 Å². The highest BCUT2D eigenvalue weighted by Gasteiger charge is 1.96. The molecule has 6 heteroatoms. The molecular weight excluding hydrogens is 244 g/mol. The molecule has 0 spiro atoms. The van der Waals surface area contributed by atoms with Gasteiger partial charge in [0, 0.05) is 0 Å². The van der Waals surface area contributed by atoms with Crippen molar-refractivity contribution in [3.8, 4) is 0 Å². The highest BCUT2D eigenvalue weighted by atomic mass is 16.4. The topological polar surface area (TPSA) is 88.9 Å². The zero-order chi connectivity index (χ0) is 13.5. The molecule has 0 bridgehead atoms. The molecule has 0 aliphatic carbocycles. The van der Waals surface area contributed by atoms with Crippen LogP contribution in [-0.4, -0.2) is 31.7 Å². The Morgan fingerprint density at radius 2 is 1.26 bits per heavy atom. The fourth-order valence-electron chi connectivity index (χ4n) is 1.35. The number of hydrogen-bond donors (Lipinski definition) is 1. The molecule has 0 aliphatic heterocycles. The summed E-state index contributed by atoms with van der Waals surface area (Å²) in [5.41, 5.74) is 1.88. The molecule has 0 atom stereocenters. The first-order valence-electron chi connectivity index (χ1n) is 5.46. The average Bonchev–Trinajstić information content (AvgIpc) is 2.49. The van der Waals surface area contributed by atoms with Gasteiger partial charge in [-0.25, -0.2) is 4.79 Å². The number of hydrogen-bond acceptors (Lipinski definition) is 5. The lowest BCUT2D eigenvalue weighted by molar-refractivity contribution is 0.0697. The zero-order valence-electron chi connectivity index (χ0n) is 9.84. The fourth-order valence-corrected chi connectivity index (χ4v) is 1.35. The van der Waals surface area contributed by atoms with E-state index in [2.05, 4.69) is 20.6 Å². The Balaban J connectivity index is 0.000000141. The van der Waals surface area contributed by atoms with Crippen molar-refractivity contribution in [1.82, 2.24) is 20.6 Å². The highest BCUT2D eigenvalue weighted by molar-refractivity contribution is 5.87. The van der Waals surface area contributed by atoms with Crippen molar-refractivity contribution in [1.29, 1.82) is 0 Å². The number of carbonyl (C=O) groups is 1. The summed E-state index contributed by atoms with van der Waals surface area (Å²) in [5, 5.41) is 22.7. The van der Waals surface area contributed by atoms with E-state index in [0.717, 1.165) is 11.0 Å². The average molecular weight is 254 g/mol. The summed E-state index contributed by atoms with van der Waals surface area (Å²) >= 11 is 0. The highest BCUT2D eigenvalue weighted by Crippen LogP contribution is 2.02. The van der Waals surface area contributed by atoms with Gasteiger partial charge in [-0.15, -0.1) is 10.2 Å². The van der Waals surface area contributed by atoms with E-state index < -0.39 is 5.97 Å². The van der Waals surface area contributed by atoms with Crippen LogP contribution in [0, 0.1) is 0 Å². The van der Waals surface area contributed by atoms with Gasteiger partial charge in [-0.2, -0.15) is 0 Å². The Bertz CT molecular complexity index is 608. The first-order chi connectivity index (χ1) is 9.27. The molecule has 3 aromatic rings. The van der Waals surface area contributed by atoms with Crippen LogP contribution in [0.5, 0.6) is 0 Å². The summed E-state index contributed by atoms with van der Waals surface area (Å²) < 4.78 is 0. The molecule has 0 aliphatic rings. The van der Waals surface area contributed by atoms with Crippen molar-refractivity contribution in [3.63, 3.8) is 0 Å². The smallest absolute Gasteiger partial charge is 0.335 e. The maximum Gasteiger partial charge on any atom is 0.335 e. The molecule has 1 aromatic heterocycles. The van der Waals surface area contributed by atoms with Gasteiger partial charge in [0.1, 0.15) is 11.0 Å². The summed E-state index contributed by atoms with van der Waals surface area (Å²) in [7, 11) is 0. The van der Waals surface area contributed by atoms with E-state index >= 15 is 0 Å². The van der Waals surface area contributed by atoms with Crippen LogP contribution in [0.15, 0.2) is 54.6 Å². The van der Waals surface area contributed by atoms with Gasteiger partial charge in [0.2, 0.25) is 0 Å². The third-order valence-electron chi connectivity index (χ3n) is 2.25. The van der Waals surface area contributed by atoms with Crippen molar-refractivity contribution in [2.45, 2.75) is 0 Å². The van der Waals surface area contributed by atoms with E-state index in [1.807, 2.05) is 24.3 Å². The zero-order valence-corrected chi connectivity index (χ0v) is 9.84. The van der Waals surface area contributed by atoms with Gasteiger partial charge < -0.3 is 5.11 Å². The van der Waals surface area contributed by atoms with E-state index in [1.165, 1.54) is 0 Å². The van der Waals surface area contributed by atoms with Crippen molar-refractivity contribution >= 4 is 17.0 Å². The Hall–Kier alpha value is -2.89. The maximum absolute atomic E-state index is 10.2. The van der Waals surface area contributed by atoms with Crippen LogP contribution in [0.1, 0.15) is 10.4 Å². The summed E-state index contributed by atoms with van der Waals surface area (Å²) in [6.45, 7) is 0. The second kappa shape index (κ2) is 6.15. The molecule has 3 rings (SSSR count). The number of benzene rings is 2. The van der Waals surface area contributed by atoms with Gasteiger partial charge in [0.05, 0.1) is 5.56 Å². The molecule has 2 aromatic carbocycles. The standard InChI is InChI=1S/C7H6O2.C6H4N4/c8-7(9)6-4-2-1-3-5-6;1-2-4-6-5(3-1)7-9-10-8-6/h1-5H,(H,8,9);1-4H. The normalized spacial score (nSPS) is 9.47. The minimum Gasteiger partial charge on any atom is -0.478 e. The van der Waals surface area contributed by atoms with Crippen molar-refractivity contribution in [3.05, 3.63) is 60.2 Å². The number of aromatic nitrogens is 4. The molecule has 6 nitrogen and oxygen atoms in total. The monoisotopic (exact) mass is 254 g/mol. The van der Waals surface area contributed by atoms with Gasteiger partial charge in [-0.05, 0) is 34.7 Å². The van der Waals surface area contributed by atoms with Crippen molar-refractivity contribution in [2.24, 2.45) is 0 Å². The Kier molecular flexibility index (Phi) is 4.07. The van der Waals surface area contributed by atoms with E-state index in [-0.39, 0.29) is 0 Å². The summed E-state index contributed by atoms with van der Waals surface area (Å²) in [5.74, 6) is -0.879. The SMILES string of the molecule is O=C(O)c1ccccc1.c1ccc2nnnnc2c1. The van der Waals surface area contributed by atoms with Gasteiger partial charge >= 0.3 is 5.97 Å². The van der Waals surface area contributed by atoms with E-state index in [9.17, 15) is 4.79 Å². The molecule has 1 heterocycles. The Morgan fingerprint density at radius 3 is 1.68 bits per heavy atom. The molecule has 0 amide bonds. The lowest BCUT2D eigenvalue weighted by atomic mass is 10.2. The lowest BCUT2D eigenvalue weighted by Gasteiger charge is -1.88. The summed E-state index contributed by atoms with van der Waals surface area (Å²) in [6.07, 6.45) is 0. The molecule has 19 heavy (non-hydrogen) atoms. The molecule has 0 saturated heterocycles. The fraction of sp³-hybridized carbons (Fsp3) is 0. The van der Waals surface area contributed by atoms with Gasteiger partial charge in [-0.3, -0.25) is 0 Å².